The van der Waals surface area contributed by atoms with Crippen LogP contribution in [0.1, 0.15) is 30.7 Å². The topological polar surface area (TPSA) is 9.23 Å². The van der Waals surface area contributed by atoms with Crippen molar-refractivity contribution < 1.29 is 4.74 Å². The molecule has 74 valence electrons. The Bertz CT molecular complexity index is 311. The van der Waals surface area contributed by atoms with Crippen LogP contribution in [0.15, 0.2) is 36.4 Å². The maximum absolute atomic E-state index is 5.14. The summed E-state index contributed by atoms with van der Waals surface area (Å²) in [5.41, 5.74) is 1.40. The highest BCUT2D eigenvalue weighted by Gasteiger charge is 2.10. The monoisotopic (exact) mass is 188 g/mol. The van der Waals surface area contributed by atoms with Crippen molar-refractivity contribution in [1.29, 1.82) is 0 Å². The fourth-order valence-electron chi connectivity index (χ4n) is 1.94. The highest BCUT2D eigenvalue weighted by Crippen LogP contribution is 2.28. The van der Waals surface area contributed by atoms with Crippen LogP contribution < -0.4 is 4.74 Å². The number of allylic oxidation sites excluding steroid dienone is 2. The largest absolute Gasteiger partial charge is 0.497 e. The van der Waals surface area contributed by atoms with E-state index in [-0.39, 0.29) is 0 Å². The van der Waals surface area contributed by atoms with Crippen LogP contribution in [-0.4, -0.2) is 7.11 Å². The van der Waals surface area contributed by atoms with Gasteiger partial charge in [-0.2, -0.15) is 0 Å². The summed E-state index contributed by atoms with van der Waals surface area (Å²) in [7, 11) is 1.70. The average Bonchev–Trinajstić information content (AvgIpc) is 2.30. The van der Waals surface area contributed by atoms with Gasteiger partial charge in [0.1, 0.15) is 5.75 Å². The lowest BCUT2D eigenvalue weighted by Crippen LogP contribution is -1.98. The molecule has 1 aliphatic rings. The van der Waals surface area contributed by atoms with Gasteiger partial charge in [0.05, 0.1) is 7.11 Å². The highest BCUT2D eigenvalue weighted by atomic mass is 16.5. The van der Waals surface area contributed by atoms with Crippen LogP contribution in [0.25, 0.3) is 0 Å². The molecule has 0 spiro atoms. The quantitative estimate of drug-likeness (QED) is 0.645. The Morgan fingerprint density at radius 2 is 2.00 bits per heavy atom. The fraction of sp³-hybridized carbons (Fsp3) is 0.385. The van der Waals surface area contributed by atoms with E-state index < -0.39 is 0 Å². The molecule has 0 N–H and O–H groups in total. The van der Waals surface area contributed by atoms with Gasteiger partial charge in [0.15, 0.2) is 0 Å². The molecule has 0 radical (unpaired) electrons. The number of hydrogen-bond acceptors (Lipinski definition) is 1. The molecule has 0 aromatic heterocycles. The molecule has 0 fully saturated rings. The van der Waals surface area contributed by atoms with Gasteiger partial charge in [-0.25, -0.2) is 0 Å². The molecule has 0 bridgehead atoms. The van der Waals surface area contributed by atoms with Crippen molar-refractivity contribution in [1.82, 2.24) is 0 Å². The van der Waals surface area contributed by atoms with Crippen molar-refractivity contribution in [3.63, 3.8) is 0 Å². The van der Waals surface area contributed by atoms with Gasteiger partial charge in [0.2, 0.25) is 0 Å². The van der Waals surface area contributed by atoms with E-state index in [9.17, 15) is 0 Å². The number of methoxy groups -OCH3 is 1. The smallest absolute Gasteiger partial charge is 0.118 e. The molecule has 0 unspecified atom stereocenters. The Morgan fingerprint density at radius 1 is 1.21 bits per heavy atom. The molecule has 1 aliphatic carbocycles. The second-order valence-corrected chi connectivity index (χ2v) is 3.74. The van der Waals surface area contributed by atoms with Crippen molar-refractivity contribution in [3.8, 4) is 5.75 Å². The molecule has 1 atom stereocenters. The van der Waals surface area contributed by atoms with Crippen LogP contribution in [0.2, 0.25) is 0 Å². The summed E-state index contributed by atoms with van der Waals surface area (Å²) < 4.78 is 5.14. The Balaban J connectivity index is 2.15. The summed E-state index contributed by atoms with van der Waals surface area (Å²) in [4.78, 5) is 0. The molecule has 0 saturated carbocycles. The number of benzene rings is 1. The second kappa shape index (κ2) is 4.32. The first kappa shape index (κ1) is 9.32. The number of hydrogen-bond donors (Lipinski definition) is 0. The lowest BCUT2D eigenvalue weighted by molar-refractivity contribution is 0.414. The number of rotatable bonds is 2. The van der Waals surface area contributed by atoms with Gasteiger partial charge in [0.25, 0.3) is 0 Å². The third-order valence-electron chi connectivity index (χ3n) is 2.80. The predicted octanol–water partition coefficient (Wildman–Crippen LogP) is 3.52. The van der Waals surface area contributed by atoms with Crippen molar-refractivity contribution >= 4 is 0 Å². The normalized spacial score (nSPS) is 20.8. The molecule has 0 amide bonds. The van der Waals surface area contributed by atoms with Crippen molar-refractivity contribution in [2.45, 2.75) is 25.2 Å². The molecule has 0 aliphatic heterocycles. The highest BCUT2D eigenvalue weighted by molar-refractivity contribution is 5.31. The van der Waals surface area contributed by atoms with Crippen molar-refractivity contribution in [2.24, 2.45) is 0 Å². The van der Waals surface area contributed by atoms with Gasteiger partial charge < -0.3 is 4.74 Å². The van der Waals surface area contributed by atoms with Crippen LogP contribution in [0.5, 0.6) is 5.75 Å². The van der Waals surface area contributed by atoms with Crippen molar-refractivity contribution in [3.05, 3.63) is 42.0 Å². The number of ether oxygens (including phenoxy) is 1. The minimum absolute atomic E-state index is 0.620. The molecule has 0 heterocycles. The Hall–Kier alpha value is -1.24. The van der Waals surface area contributed by atoms with E-state index in [2.05, 4.69) is 24.3 Å². The molecule has 1 heteroatoms. The molecule has 2 rings (SSSR count). The third kappa shape index (κ3) is 1.98. The standard InChI is InChI=1S/C13H16O/c1-14-13-9-7-12(8-10-13)11-5-3-2-4-6-11/h3,5,7-11H,2,4,6H2,1H3/t11-/m1/s1. The van der Waals surface area contributed by atoms with E-state index in [4.69, 9.17) is 4.74 Å². The zero-order valence-electron chi connectivity index (χ0n) is 8.57. The zero-order chi connectivity index (χ0) is 9.80. The summed E-state index contributed by atoms with van der Waals surface area (Å²) in [5.74, 6) is 1.56. The van der Waals surface area contributed by atoms with Gasteiger partial charge in [-0.05, 0) is 37.0 Å². The zero-order valence-corrected chi connectivity index (χ0v) is 8.57. The van der Waals surface area contributed by atoms with Gasteiger partial charge >= 0.3 is 0 Å². The molecule has 1 nitrogen and oxygen atoms in total. The van der Waals surface area contributed by atoms with E-state index in [1.54, 1.807) is 7.11 Å². The van der Waals surface area contributed by atoms with Crippen molar-refractivity contribution in [2.75, 3.05) is 7.11 Å². The maximum atomic E-state index is 5.14. The van der Waals surface area contributed by atoms with E-state index in [0.717, 1.165) is 5.75 Å². The van der Waals surface area contributed by atoms with E-state index >= 15 is 0 Å². The summed E-state index contributed by atoms with van der Waals surface area (Å²) in [6, 6.07) is 8.41. The van der Waals surface area contributed by atoms with Gasteiger partial charge in [-0.1, -0.05) is 24.3 Å². The molecule has 14 heavy (non-hydrogen) atoms. The average molecular weight is 188 g/mol. The molecule has 1 aromatic rings. The lowest BCUT2D eigenvalue weighted by atomic mass is 9.89. The molecule has 0 saturated heterocycles. The first-order valence-electron chi connectivity index (χ1n) is 5.21. The molecular formula is C13H16O. The molecule has 1 aromatic carbocycles. The summed E-state index contributed by atoms with van der Waals surface area (Å²) in [6.07, 6.45) is 8.45. The van der Waals surface area contributed by atoms with Crippen LogP contribution in [0, 0.1) is 0 Å². The summed E-state index contributed by atoms with van der Waals surface area (Å²) >= 11 is 0. The maximum Gasteiger partial charge on any atom is 0.118 e. The van der Waals surface area contributed by atoms with Gasteiger partial charge in [0, 0.05) is 5.92 Å². The van der Waals surface area contributed by atoms with Gasteiger partial charge in [-0.3, -0.25) is 0 Å². The lowest BCUT2D eigenvalue weighted by Gasteiger charge is -2.16. The van der Waals surface area contributed by atoms with E-state index in [1.165, 1.54) is 24.8 Å². The Kier molecular flexibility index (Phi) is 2.87. The minimum atomic E-state index is 0.620. The van der Waals surface area contributed by atoms with Crippen LogP contribution in [-0.2, 0) is 0 Å². The van der Waals surface area contributed by atoms with Crippen LogP contribution in [0.3, 0.4) is 0 Å². The first-order chi connectivity index (χ1) is 6.90. The molecular weight excluding hydrogens is 172 g/mol. The second-order valence-electron chi connectivity index (χ2n) is 3.74. The minimum Gasteiger partial charge on any atom is -0.497 e. The van der Waals surface area contributed by atoms with Crippen LogP contribution >= 0.6 is 0 Å². The Labute approximate surface area is 85.4 Å². The third-order valence-corrected chi connectivity index (χ3v) is 2.80. The predicted molar refractivity (Wildman–Crippen MR) is 58.7 cm³/mol. The van der Waals surface area contributed by atoms with E-state index in [1.807, 2.05) is 12.1 Å². The van der Waals surface area contributed by atoms with E-state index in [0.29, 0.717) is 5.92 Å². The summed E-state index contributed by atoms with van der Waals surface area (Å²) in [5, 5.41) is 0. The SMILES string of the molecule is COc1ccc([C@@H]2C=CCCC2)cc1. The van der Waals surface area contributed by atoms with Crippen LogP contribution in [0.4, 0.5) is 0 Å². The summed E-state index contributed by atoms with van der Waals surface area (Å²) in [6.45, 7) is 0. The Morgan fingerprint density at radius 3 is 2.57 bits per heavy atom. The van der Waals surface area contributed by atoms with Gasteiger partial charge in [-0.15, -0.1) is 0 Å². The fourth-order valence-corrected chi connectivity index (χ4v) is 1.94. The first-order valence-corrected chi connectivity index (χ1v) is 5.21.